The van der Waals surface area contributed by atoms with E-state index in [2.05, 4.69) is 5.18 Å². The van der Waals surface area contributed by atoms with Crippen LogP contribution in [0.15, 0.2) is 47.1 Å². The lowest BCUT2D eigenvalue weighted by Crippen LogP contribution is -2.29. The van der Waals surface area contributed by atoms with Crippen LogP contribution in [0.4, 0.5) is 18.9 Å². The van der Waals surface area contributed by atoms with E-state index in [0.717, 1.165) is 23.3 Å². The van der Waals surface area contributed by atoms with Gasteiger partial charge in [0.1, 0.15) is 30.4 Å². The Morgan fingerprint density at radius 1 is 1.26 bits per heavy atom. The zero-order chi connectivity index (χ0) is 22.6. The summed E-state index contributed by atoms with van der Waals surface area (Å²) >= 11 is 0. The van der Waals surface area contributed by atoms with Crippen molar-refractivity contribution in [1.29, 1.82) is 0 Å². The number of likely N-dealkylation sites (N-methyl/N-ethyl adjacent to an activating group) is 1. The number of rotatable bonds is 8. The minimum absolute atomic E-state index is 0.0864. The first-order valence-electron chi connectivity index (χ1n) is 9.18. The molecule has 0 fully saturated rings. The van der Waals surface area contributed by atoms with Crippen molar-refractivity contribution in [3.05, 3.63) is 63.6 Å². The Kier molecular flexibility index (Phi) is 6.59. The SMILES string of the molecule is CN(CC(=O)O)CC1=Cc2ccc(OCc3ccc(N=O)c(C(F)(F)F)c3)cc2OC1. The Bertz CT molecular complexity index is 1020. The molecule has 1 aliphatic heterocycles. The summed E-state index contributed by atoms with van der Waals surface area (Å²) in [7, 11) is 1.70. The largest absolute Gasteiger partial charge is 0.489 e. The maximum absolute atomic E-state index is 13.0. The monoisotopic (exact) mass is 436 g/mol. The lowest BCUT2D eigenvalue weighted by molar-refractivity contribution is -0.138. The fraction of sp³-hybridized carbons (Fsp3) is 0.286. The van der Waals surface area contributed by atoms with Crippen LogP contribution in [0.5, 0.6) is 11.5 Å². The summed E-state index contributed by atoms with van der Waals surface area (Å²) in [6, 6.07) is 8.25. The molecule has 2 aromatic rings. The standard InChI is InChI=1S/C21H19F3N2O5/c1-26(10-20(27)28)9-14-6-15-3-4-16(8-19(15)31-12-14)30-11-13-2-5-18(25-29)17(7-13)21(22,23)24/h2-8H,9-12H2,1H3,(H,27,28). The van der Waals surface area contributed by atoms with Crippen molar-refractivity contribution in [3.63, 3.8) is 0 Å². The fourth-order valence-corrected chi connectivity index (χ4v) is 3.15. The number of halogens is 3. The number of benzene rings is 2. The Balaban J connectivity index is 1.68. The molecule has 1 heterocycles. The second kappa shape index (κ2) is 9.17. The molecule has 0 unspecified atom stereocenters. The highest BCUT2D eigenvalue weighted by atomic mass is 19.4. The molecule has 0 spiro atoms. The third kappa shape index (κ3) is 5.82. The molecule has 0 aromatic heterocycles. The number of carbonyl (C=O) groups is 1. The van der Waals surface area contributed by atoms with Crippen molar-refractivity contribution in [2.24, 2.45) is 5.18 Å². The number of hydrogen-bond acceptors (Lipinski definition) is 6. The van der Waals surface area contributed by atoms with Gasteiger partial charge in [0, 0.05) is 18.2 Å². The van der Waals surface area contributed by atoms with Crippen molar-refractivity contribution in [2.75, 3.05) is 26.7 Å². The minimum atomic E-state index is -4.69. The molecular weight excluding hydrogens is 417 g/mol. The lowest BCUT2D eigenvalue weighted by atomic mass is 10.1. The number of carboxylic acid groups (broad SMARTS) is 1. The van der Waals surface area contributed by atoms with Crippen LogP contribution in [0.3, 0.4) is 0 Å². The second-order valence-electron chi connectivity index (χ2n) is 7.09. The summed E-state index contributed by atoms with van der Waals surface area (Å²) in [5, 5.41) is 11.3. The molecule has 0 saturated carbocycles. The number of nitrogens with zero attached hydrogens (tertiary/aromatic N) is 2. The van der Waals surface area contributed by atoms with E-state index < -0.39 is 23.4 Å². The van der Waals surface area contributed by atoms with Gasteiger partial charge in [0.25, 0.3) is 0 Å². The van der Waals surface area contributed by atoms with Gasteiger partial charge in [0.2, 0.25) is 0 Å². The Labute approximate surface area is 175 Å². The van der Waals surface area contributed by atoms with Gasteiger partial charge in [-0.05, 0) is 53.7 Å². The maximum atomic E-state index is 13.0. The van der Waals surface area contributed by atoms with Crippen LogP contribution < -0.4 is 9.47 Å². The molecule has 0 aliphatic carbocycles. The Morgan fingerprint density at radius 3 is 2.71 bits per heavy atom. The fourth-order valence-electron chi connectivity index (χ4n) is 3.15. The van der Waals surface area contributed by atoms with Crippen LogP contribution >= 0.6 is 0 Å². The smallest absolute Gasteiger partial charge is 0.418 e. The molecule has 0 atom stereocenters. The van der Waals surface area contributed by atoms with Crippen LogP contribution in [-0.4, -0.2) is 42.7 Å². The normalized spacial score (nSPS) is 13.3. The highest BCUT2D eigenvalue weighted by Crippen LogP contribution is 2.37. The van der Waals surface area contributed by atoms with E-state index in [1.807, 2.05) is 6.08 Å². The van der Waals surface area contributed by atoms with Crippen molar-refractivity contribution >= 4 is 17.7 Å². The minimum Gasteiger partial charge on any atom is -0.489 e. The maximum Gasteiger partial charge on any atom is 0.418 e. The Morgan fingerprint density at radius 2 is 2.03 bits per heavy atom. The van der Waals surface area contributed by atoms with Crippen molar-refractivity contribution in [2.45, 2.75) is 12.8 Å². The highest BCUT2D eigenvalue weighted by Gasteiger charge is 2.34. The van der Waals surface area contributed by atoms with Gasteiger partial charge in [0.05, 0.1) is 12.1 Å². The van der Waals surface area contributed by atoms with E-state index in [1.165, 1.54) is 6.07 Å². The first-order valence-corrected chi connectivity index (χ1v) is 9.18. The van der Waals surface area contributed by atoms with Crippen LogP contribution in [0.25, 0.3) is 6.08 Å². The predicted octanol–water partition coefficient (Wildman–Crippen LogP) is 4.47. The molecular formula is C21H19F3N2O5. The first kappa shape index (κ1) is 22.3. The van der Waals surface area contributed by atoms with Gasteiger partial charge in [0.15, 0.2) is 0 Å². The molecule has 0 amide bonds. The number of alkyl halides is 3. The van der Waals surface area contributed by atoms with Crippen molar-refractivity contribution in [1.82, 2.24) is 4.90 Å². The topological polar surface area (TPSA) is 88.4 Å². The molecule has 3 rings (SSSR count). The average molecular weight is 436 g/mol. The van der Waals surface area contributed by atoms with E-state index in [1.54, 1.807) is 30.1 Å². The molecule has 164 valence electrons. The molecule has 0 saturated heterocycles. The van der Waals surface area contributed by atoms with Gasteiger partial charge in [-0.3, -0.25) is 9.69 Å². The predicted molar refractivity (Wildman–Crippen MR) is 106 cm³/mol. The second-order valence-corrected chi connectivity index (χ2v) is 7.09. The summed E-state index contributed by atoms with van der Waals surface area (Å²) in [5.74, 6) is 0.0461. The van der Waals surface area contributed by atoms with Gasteiger partial charge >= 0.3 is 12.1 Å². The molecule has 1 N–H and O–H groups in total. The summed E-state index contributed by atoms with van der Waals surface area (Å²) in [6.45, 7) is 0.506. The summed E-state index contributed by atoms with van der Waals surface area (Å²) in [5.41, 5.74) is 0.159. The van der Waals surface area contributed by atoms with E-state index in [4.69, 9.17) is 14.6 Å². The molecule has 31 heavy (non-hydrogen) atoms. The third-order valence-corrected chi connectivity index (χ3v) is 4.51. The Hall–Kier alpha value is -3.40. The molecule has 0 bridgehead atoms. The quantitative estimate of drug-likeness (QED) is 0.614. The lowest BCUT2D eigenvalue weighted by Gasteiger charge is -2.22. The number of hydrogen-bond donors (Lipinski definition) is 1. The number of fused-ring (bicyclic) bond motifs is 1. The molecule has 1 aliphatic rings. The van der Waals surface area contributed by atoms with Crippen LogP contribution in [0.2, 0.25) is 0 Å². The first-order chi connectivity index (χ1) is 14.7. The zero-order valence-corrected chi connectivity index (χ0v) is 16.5. The summed E-state index contributed by atoms with van der Waals surface area (Å²) < 4.78 is 50.4. The molecule has 0 radical (unpaired) electrons. The highest BCUT2D eigenvalue weighted by molar-refractivity contribution is 5.69. The number of ether oxygens (including phenoxy) is 2. The van der Waals surface area contributed by atoms with Gasteiger partial charge < -0.3 is 14.6 Å². The average Bonchev–Trinajstić information content (AvgIpc) is 2.70. The van der Waals surface area contributed by atoms with E-state index in [0.29, 0.717) is 18.0 Å². The van der Waals surface area contributed by atoms with Crippen molar-refractivity contribution in [3.8, 4) is 11.5 Å². The summed E-state index contributed by atoms with van der Waals surface area (Å²) in [6.07, 6.45) is -2.79. The van der Waals surface area contributed by atoms with Gasteiger partial charge in [-0.1, -0.05) is 6.07 Å². The van der Waals surface area contributed by atoms with Crippen LogP contribution in [-0.2, 0) is 17.6 Å². The molecule has 2 aromatic carbocycles. The van der Waals surface area contributed by atoms with E-state index in [-0.39, 0.29) is 25.3 Å². The van der Waals surface area contributed by atoms with Crippen LogP contribution in [0.1, 0.15) is 16.7 Å². The summed E-state index contributed by atoms with van der Waals surface area (Å²) in [4.78, 5) is 23.0. The number of carboxylic acids is 1. The van der Waals surface area contributed by atoms with Crippen molar-refractivity contribution < 1.29 is 32.5 Å². The number of aliphatic carboxylic acids is 1. The van der Waals surface area contributed by atoms with Gasteiger partial charge in [-0.15, -0.1) is 4.91 Å². The molecule has 7 nitrogen and oxygen atoms in total. The van der Waals surface area contributed by atoms with Gasteiger partial charge in [-0.25, -0.2) is 0 Å². The number of nitroso groups, excluding NO2 is 1. The van der Waals surface area contributed by atoms with Crippen LogP contribution in [0, 0.1) is 4.91 Å². The third-order valence-electron chi connectivity index (χ3n) is 4.51. The molecule has 10 heteroatoms. The van der Waals surface area contributed by atoms with E-state index >= 15 is 0 Å². The van der Waals surface area contributed by atoms with Gasteiger partial charge in [-0.2, -0.15) is 13.2 Å². The van der Waals surface area contributed by atoms with E-state index in [9.17, 15) is 22.9 Å². The zero-order valence-electron chi connectivity index (χ0n) is 16.5.